The fourth-order valence-corrected chi connectivity index (χ4v) is 2.59. The fraction of sp³-hybridized carbons (Fsp3) is 0.533. The second kappa shape index (κ2) is 6.72. The highest BCUT2D eigenvalue weighted by molar-refractivity contribution is 5.75. The van der Waals surface area contributed by atoms with Crippen molar-refractivity contribution in [2.45, 2.75) is 38.5 Å². The van der Waals surface area contributed by atoms with Crippen LogP contribution in [0.3, 0.4) is 0 Å². The summed E-state index contributed by atoms with van der Waals surface area (Å²) >= 11 is 0. The van der Waals surface area contributed by atoms with E-state index >= 15 is 0 Å². The van der Waals surface area contributed by atoms with Gasteiger partial charge in [0.25, 0.3) is 0 Å². The summed E-state index contributed by atoms with van der Waals surface area (Å²) < 4.78 is 5.82. The van der Waals surface area contributed by atoms with Gasteiger partial charge in [-0.2, -0.15) is 0 Å². The lowest BCUT2D eigenvalue weighted by Crippen LogP contribution is -2.38. The zero-order valence-corrected chi connectivity index (χ0v) is 11.9. The average molecular weight is 277 g/mol. The van der Waals surface area contributed by atoms with E-state index < -0.39 is 0 Å². The summed E-state index contributed by atoms with van der Waals surface area (Å²) in [5.41, 5.74) is 12.9. The molecule has 2 atom stereocenters. The Hall–Kier alpha value is -1.59. The molecular formula is C15H23N3O2. The number of carbonyl (C=O) groups excluding carboxylic acids is 1. The van der Waals surface area contributed by atoms with Gasteiger partial charge in [-0.3, -0.25) is 9.69 Å². The van der Waals surface area contributed by atoms with Crippen LogP contribution in [0, 0.1) is 0 Å². The van der Waals surface area contributed by atoms with Crippen LogP contribution in [0.4, 0.5) is 5.69 Å². The number of benzene rings is 1. The average Bonchev–Trinajstić information content (AvgIpc) is 2.77. The topological polar surface area (TPSA) is 81.6 Å². The number of hydrogen-bond donors (Lipinski definition) is 2. The summed E-state index contributed by atoms with van der Waals surface area (Å²) in [4.78, 5) is 13.3. The Morgan fingerprint density at radius 1 is 1.35 bits per heavy atom. The van der Waals surface area contributed by atoms with Gasteiger partial charge in [-0.1, -0.05) is 12.1 Å². The molecule has 0 aromatic heterocycles. The molecule has 1 aromatic rings. The van der Waals surface area contributed by atoms with Crippen LogP contribution in [0.2, 0.25) is 0 Å². The smallest absolute Gasteiger partial charge is 0.231 e. The van der Waals surface area contributed by atoms with Crippen molar-refractivity contribution < 1.29 is 9.53 Å². The van der Waals surface area contributed by atoms with Gasteiger partial charge in [0, 0.05) is 18.8 Å². The molecule has 0 saturated carbocycles. The molecule has 4 N–H and O–H groups in total. The van der Waals surface area contributed by atoms with Crippen LogP contribution in [0.25, 0.3) is 0 Å². The summed E-state index contributed by atoms with van der Waals surface area (Å²) in [5, 5.41) is 0. The van der Waals surface area contributed by atoms with Gasteiger partial charge < -0.3 is 16.2 Å². The number of nitrogen functional groups attached to an aromatic ring is 1. The molecule has 1 aliphatic rings. The molecule has 0 spiro atoms. The Labute approximate surface area is 119 Å². The maximum atomic E-state index is 11.2. The standard InChI is InChI=1S/C15H23N3O2/c1-11-2-7-14(20-11)9-18(10-15(17)19)8-12-3-5-13(16)6-4-12/h3-6,11,14H,2,7-10,16H2,1H3,(H2,17,19). The van der Waals surface area contributed by atoms with E-state index in [-0.39, 0.29) is 18.6 Å². The third-order valence-electron chi connectivity index (χ3n) is 3.55. The van der Waals surface area contributed by atoms with Gasteiger partial charge in [-0.15, -0.1) is 0 Å². The summed E-state index contributed by atoms with van der Waals surface area (Å²) in [6.07, 6.45) is 2.62. The molecule has 1 fully saturated rings. The number of ether oxygens (including phenoxy) is 1. The third kappa shape index (κ3) is 4.51. The van der Waals surface area contributed by atoms with Crippen LogP contribution in [0.1, 0.15) is 25.3 Å². The summed E-state index contributed by atoms with van der Waals surface area (Å²) in [7, 11) is 0. The van der Waals surface area contributed by atoms with Crippen molar-refractivity contribution in [2.75, 3.05) is 18.8 Å². The number of nitrogens with two attached hydrogens (primary N) is 2. The van der Waals surface area contributed by atoms with Crippen molar-refractivity contribution in [1.82, 2.24) is 4.90 Å². The predicted octanol–water partition coefficient (Wildman–Crippen LogP) is 1.12. The van der Waals surface area contributed by atoms with E-state index in [0.717, 1.165) is 30.6 Å². The summed E-state index contributed by atoms with van der Waals surface area (Å²) in [6, 6.07) is 7.68. The molecule has 2 rings (SSSR count). The second-order valence-electron chi connectivity index (χ2n) is 5.52. The van der Waals surface area contributed by atoms with Gasteiger partial charge in [-0.25, -0.2) is 0 Å². The minimum Gasteiger partial charge on any atom is -0.399 e. The van der Waals surface area contributed by atoms with E-state index in [9.17, 15) is 4.79 Å². The molecule has 1 amide bonds. The number of primary amides is 1. The van der Waals surface area contributed by atoms with Gasteiger partial charge in [0.05, 0.1) is 18.8 Å². The van der Waals surface area contributed by atoms with Gasteiger partial charge in [-0.05, 0) is 37.5 Å². The molecule has 1 saturated heterocycles. The molecule has 1 aromatic carbocycles. The number of anilines is 1. The number of nitrogens with zero attached hydrogens (tertiary/aromatic N) is 1. The normalized spacial score (nSPS) is 22.3. The number of amides is 1. The van der Waals surface area contributed by atoms with E-state index in [0.29, 0.717) is 12.6 Å². The highest BCUT2D eigenvalue weighted by Gasteiger charge is 2.24. The largest absolute Gasteiger partial charge is 0.399 e. The first-order valence-electron chi connectivity index (χ1n) is 7.03. The van der Waals surface area contributed by atoms with E-state index in [4.69, 9.17) is 16.2 Å². The molecule has 110 valence electrons. The van der Waals surface area contributed by atoms with Gasteiger partial charge in [0.1, 0.15) is 0 Å². The number of carbonyl (C=O) groups is 1. The van der Waals surface area contributed by atoms with E-state index in [2.05, 4.69) is 6.92 Å². The molecule has 5 nitrogen and oxygen atoms in total. The minimum absolute atomic E-state index is 0.193. The maximum absolute atomic E-state index is 11.2. The molecule has 5 heteroatoms. The van der Waals surface area contributed by atoms with Gasteiger partial charge in [0.2, 0.25) is 5.91 Å². The van der Waals surface area contributed by atoms with Crippen molar-refractivity contribution in [2.24, 2.45) is 5.73 Å². The maximum Gasteiger partial charge on any atom is 0.231 e. The zero-order chi connectivity index (χ0) is 14.5. The Morgan fingerprint density at radius 3 is 2.60 bits per heavy atom. The van der Waals surface area contributed by atoms with Crippen LogP contribution in [0.15, 0.2) is 24.3 Å². The van der Waals surface area contributed by atoms with Crippen LogP contribution >= 0.6 is 0 Å². The lowest BCUT2D eigenvalue weighted by atomic mass is 10.1. The zero-order valence-electron chi connectivity index (χ0n) is 11.9. The minimum atomic E-state index is -0.313. The van der Waals surface area contributed by atoms with Crippen LogP contribution in [-0.2, 0) is 16.1 Å². The number of hydrogen-bond acceptors (Lipinski definition) is 4. The van der Waals surface area contributed by atoms with Crippen LogP contribution in [-0.4, -0.2) is 36.1 Å². The molecule has 0 bridgehead atoms. The Morgan fingerprint density at radius 2 is 2.05 bits per heavy atom. The number of rotatable bonds is 6. The van der Waals surface area contributed by atoms with E-state index in [1.165, 1.54) is 0 Å². The molecule has 1 heterocycles. The Bertz CT molecular complexity index is 447. The first-order chi connectivity index (χ1) is 9.52. The van der Waals surface area contributed by atoms with Gasteiger partial charge >= 0.3 is 0 Å². The first-order valence-corrected chi connectivity index (χ1v) is 7.03. The van der Waals surface area contributed by atoms with Crippen molar-refractivity contribution in [3.05, 3.63) is 29.8 Å². The molecule has 0 aliphatic carbocycles. The highest BCUT2D eigenvalue weighted by Crippen LogP contribution is 2.20. The quantitative estimate of drug-likeness (QED) is 0.764. The van der Waals surface area contributed by atoms with Crippen molar-refractivity contribution in [3.8, 4) is 0 Å². The Kier molecular flexibility index (Phi) is 4.98. The SMILES string of the molecule is CC1CCC(CN(CC(N)=O)Cc2ccc(N)cc2)O1. The fourth-order valence-electron chi connectivity index (χ4n) is 2.59. The third-order valence-corrected chi connectivity index (χ3v) is 3.55. The molecule has 0 radical (unpaired) electrons. The van der Waals surface area contributed by atoms with Crippen molar-refractivity contribution >= 4 is 11.6 Å². The molecule has 1 aliphatic heterocycles. The summed E-state index contributed by atoms with van der Waals surface area (Å²) in [6.45, 7) is 3.74. The highest BCUT2D eigenvalue weighted by atomic mass is 16.5. The first kappa shape index (κ1) is 14.8. The summed E-state index contributed by atoms with van der Waals surface area (Å²) in [5.74, 6) is -0.313. The van der Waals surface area contributed by atoms with Crippen molar-refractivity contribution in [3.63, 3.8) is 0 Å². The van der Waals surface area contributed by atoms with E-state index in [1.807, 2.05) is 29.2 Å². The van der Waals surface area contributed by atoms with E-state index in [1.54, 1.807) is 0 Å². The van der Waals surface area contributed by atoms with Crippen LogP contribution < -0.4 is 11.5 Å². The lowest BCUT2D eigenvalue weighted by Gasteiger charge is -2.24. The van der Waals surface area contributed by atoms with Gasteiger partial charge in [0.15, 0.2) is 0 Å². The molecule has 20 heavy (non-hydrogen) atoms. The van der Waals surface area contributed by atoms with Crippen LogP contribution in [0.5, 0.6) is 0 Å². The molecule has 2 unspecified atom stereocenters. The molecular weight excluding hydrogens is 254 g/mol. The Balaban J connectivity index is 1.95. The second-order valence-corrected chi connectivity index (χ2v) is 5.52. The predicted molar refractivity (Wildman–Crippen MR) is 78.9 cm³/mol. The monoisotopic (exact) mass is 277 g/mol. The lowest BCUT2D eigenvalue weighted by molar-refractivity contribution is -0.119. The van der Waals surface area contributed by atoms with Crippen molar-refractivity contribution in [1.29, 1.82) is 0 Å².